The van der Waals surface area contributed by atoms with Gasteiger partial charge in [-0.2, -0.15) is 0 Å². The number of nitrogens with two attached hydrogens (primary N) is 1. The molecule has 5 nitrogen and oxygen atoms in total. The van der Waals surface area contributed by atoms with E-state index in [0.717, 1.165) is 24.9 Å². The fourth-order valence-electron chi connectivity index (χ4n) is 6.75. The Bertz CT molecular complexity index is 1500. The van der Waals surface area contributed by atoms with Crippen LogP contribution in [0.4, 0.5) is 14.5 Å². The summed E-state index contributed by atoms with van der Waals surface area (Å²) in [4.78, 5) is 13.7. The first-order valence-corrected chi connectivity index (χ1v) is 13.1. The third-order valence-electron chi connectivity index (χ3n) is 8.64. The molecule has 0 spiro atoms. The largest absolute Gasteiger partial charge is 0.480 e. The highest BCUT2D eigenvalue weighted by atomic mass is 35.5. The minimum atomic E-state index is -0.861. The Morgan fingerprint density at radius 3 is 2.78 bits per heavy atom. The highest BCUT2D eigenvalue weighted by Gasteiger charge is 2.50. The highest BCUT2D eigenvalue weighted by molar-refractivity contribution is 6.34. The molecule has 4 atom stereocenters. The predicted molar refractivity (Wildman–Crippen MR) is 138 cm³/mol. The first-order valence-electron chi connectivity index (χ1n) is 12.7. The van der Waals surface area contributed by atoms with Crippen LogP contribution in [0.2, 0.25) is 5.02 Å². The summed E-state index contributed by atoms with van der Waals surface area (Å²) >= 11 is 6.63. The topological polar surface area (TPSA) is 76.4 Å². The number of carbonyl (C=O) groups excluding carboxylic acids is 1. The van der Waals surface area contributed by atoms with Gasteiger partial charge in [0.1, 0.15) is 17.4 Å². The standard InChI is InChI=1S/C29H26ClF2N3O2/c1-13-8-16-17(27(13)33)10-18-24(26(16)32)23-19-12-29(22-6-3-7-34-22,37-21(19)11-20(31)25(23)30)14-4-2-5-15(9-14)35-28(18)36/h2,4-5,9-11,13,22,27,34H,3,6-8,12,33H2,1H3,(H,35,36)/t13?,22-,27?,29-/m0/s1. The summed E-state index contributed by atoms with van der Waals surface area (Å²) in [6.07, 6.45) is 2.63. The number of anilines is 1. The number of nitrogens with one attached hydrogen (secondary N) is 2. The maximum atomic E-state index is 16.5. The third kappa shape index (κ3) is 3.17. The fourth-order valence-corrected chi connectivity index (χ4v) is 7.02. The summed E-state index contributed by atoms with van der Waals surface area (Å²) in [7, 11) is 0. The Morgan fingerprint density at radius 1 is 1.16 bits per heavy atom. The third-order valence-corrected chi connectivity index (χ3v) is 9.01. The van der Waals surface area contributed by atoms with Crippen LogP contribution in [0, 0.1) is 17.6 Å². The van der Waals surface area contributed by atoms with Crippen LogP contribution >= 0.6 is 11.6 Å². The van der Waals surface area contributed by atoms with Gasteiger partial charge in [-0.15, -0.1) is 0 Å². The van der Waals surface area contributed by atoms with Gasteiger partial charge in [-0.05, 0) is 66.6 Å². The number of rotatable bonds is 1. The van der Waals surface area contributed by atoms with E-state index >= 15 is 8.78 Å². The molecule has 37 heavy (non-hydrogen) atoms. The van der Waals surface area contributed by atoms with Crippen molar-refractivity contribution in [1.29, 1.82) is 0 Å². The van der Waals surface area contributed by atoms with E-state index < -0.39 is 29.2 Å². The first kappa shape index (κ1) is 23.1. The van der Waals surface area contributed by atoms with Crippen molar-refractivity contribution in [3.05, 3.63) is 80.9 Å². The first-order chi connectivity index (χ1) is 17.8. The minimum absolute atomic E-state index is 0.00402. The molecule has 0 aromatic heterocycles. The average Bonchev–Trinajstić information content (AvgIpc) is 3.60. The Labute approximate surface area is 218 Å². The molecule has 3 aromatic rings. The number of ether oxygens (including phenoxy) is 1. The molecule has 0 saturated carbocycles. The number of halogens is 3. The van der Waals surface area contributed by atoms with Crippen molar-refractivity contribution in [2.24, 2.45) is 11.7 Å². The van der Waals surface area contributed by atoms with E-state index in [1.165, 1.54) is 6.07 Å². The van der Waals surface area contributed by atoms with Gasteiger partial charge in [0.05, 0.1) is 16.6 Å². The molecule has 0 radical (unpaired) electrons. The smallest absolute Gasteiger partial charge is 0.256 e. The van der Waals surface area contributed by atoms with E-state index in [-0.39, 0.29) is 33.7 Å². The van der Waals surface area contributed by atoms with Gasteiger partial charge in [-0.1, -0.05) is 30.7 Å². The van der Waals surface area contributed by atoms with Crippen molar-refractivity contribution in [2.45, 2.75) is 50.3 Å². The van der Waals surface area contributed by atoms with Crippen molar-refractivity contribution < 1.29 is 18.3 Å². The van der Waals surface area contributed by atoms with Crippen molar-refractivity contribution in [1.82, 2.24) is 5.32 Å². The van der Waals surface area contributed by atoms with Gasteiger partial charge in [0.25, 0.3) is 5.91 Å². The molecule has 4 N–H and O–H groups in total. The second-order valence-electron chi connectivity index (χ2n) is 10.8. The minimum Gasteiger partial charge on any atom is -0.480 e. The molecular formula is C29H26ClF2N3O2. The van der Waals surface area contributed by atoms with Crippen LogP contribution in [-0.4, -0.2) is 18.5 Å². The van der Waals surface area contributed by atoms with E-state index in [9.17, 15) is 4.79 Å². The Balaban J connectivity index is 1.58. The molecule has 3 aliphatic heterocycles. The zero-order chi connectivity index (χ0) is 25.6. The molecule has 8 heteroatoms. The summed E-state index contributed by atoms with van der Waals surface area (Å²) < 4.78 is 38.5. The summed E-state index contributed by atoms with van der Waals surface area (Å²) in [5.74, 6) is -1.45. The second kappa shape index (κ2) is 8.00. The van der Waals surface area contributed by atoms with Gasteiger partial charge >= 0.3 is 0 Å². The molecule has 3 heterocycles. The number of carbonyl (C=O) groups is 1. The second-order valence-corrected chi connectivity index (χ2v) is 11.1. The van der Waals surface area contributed by atoms with Gasteiger partial charge in [0.2, 0.25) is 0 Å². The van der Waals surface area contributed by atoms with Gasteiger partial charge in [-0.25, -0.2) is 8.78 Å². The molecular weight excluding hydrogens is 496 g/mol. The number of amides is 1. The maximum Gasteiger partial charge on any atom is 0.256 e. The van der Waals surface area contributed by atoms with Gasteiger partial charge in [0.15, 0.2) is 5.60 Å². The molecule has 190 valence electrons. The van der Waals surface area contributed by atoms with Crippen LogP contribution in [0.1, 0.15) is 58.4 Å². The van der Waals surface area contributed by atoms with Crippen LogP contribution in [0.15, 0.2) is 36.4 Å². The number of hydrogen-bond acceptors (Lipinski definition) is 4. The lowest BCUT2D eigenvalue weighted by Crippen LogP contribution is -2.49. The van der Waals surface area contributed by atoms with Crippen molar-refractivity contribution in [3.8, 4) is 16.9 Å². The van der Waals surface area contributed by atoms with Crippen LogP contribution < -0.4 is 21.1 Å². The Kier molecular flexibility index (Phi) is 5.00. The lowest BCUT2D eigenvalue weighted by molar-refractivity contribution is 0.0539. The number of fused-ring (bicyclic) bond motifs is 7. The molecule has 3 aromatic carbocycles. The predicted octanol–water partition coefficient (Wildman–Crippen LogP) is 5.63. The molecule has 1 fully saturated rings. The van der Waals surface area contributed by atoms with E-state index in [0.29, 0.717) is 41.0 Å². The van der Waals surface area contributed by atoms with Crippen LogP contribution in [0.5, 0.6) is 5.75 Å². The fraction of sp³-hybridized carbons (Fsp3) is 0.345. The molecule has 1 saturated heterocycles. The van der Waals surface area contributed by atoms with Crippen LogP contribution in [-0.2, 0) is 18.4 Å². The zero-order valence-electron chi connectivity index (χ0n) is 20.3. The zero-order valence-corrected chi connectivity index (χ0v) is 21.0. The lowest BCUT2D eigenvalue weighted by Gasteiger charge is -2.35. The van der Waals surface area contributed by atoms with E-state index in [4.69, 9.17) is 22.1 Å². The molecule has 7 rings (SSSR count). The Morgan fingerprint density at radius 2 is 2.00 bits per heavy atom. The normalized spacial score (nSPS) is 27.3. The molecule has 2 unspecified atom stereocenters. The van der Waals surface area contributed by atoms with E-state index in [1.807, 2.05) is 25.1 Å². The van der Waals surface area contributed by atoms with Crippen LogP contribution in [0.25, 0.3) is 11.1 Å². The average molecular weight is 522 g/mol. The van der Waals surface area contributed by atoms with Crippen LogP contribution in [0.3, 0.4) is 0 Å². The Hall–Kier alpha value is -3.00. The monoisotopic (exact) mass is 521 g/mol. The van der Waals surface area contributed by atoms with Gasteiger partial charge in [-0.3, -0.25) is 4.79 Å². The SMILES string of the molecule is CC1Cc2c(cc3c(c2F)-c2c(Cl)c(F)cc4c2C[C@]([C@@H]2CCCN2)(O4)c2cccc(c2)NC3=O)C1N. The lowest BCUT2D eigenvalue weighted by atomic mass is 9.80. The summed E-state index contributed by atoms with van der Waals surface area (Å²) in [6.45, 7) is 2.80. The van der Waals surface area contributed by atoms with Crippen molar-refractivity contribution in [3.63, 3.8) is 0 Å². The summed E-state index contributed by atoms with van der Waals surface area (Å²) in [5.41, 5.74) is 8.90. The highest BCUT2D eigenvalue weighted by Crippen LogP contribution is 2.53. The maximum absolute atomic E-state index is 16.5. The van der Waals surface area contributed by atoms with Crippen molar-refractivity contribution >= 4 is 23.2 Å². The quantitative estimate of drug-likeness (QED) is 0.388. The summed E-state index contributed by atoms with van der Waals surface area (Å²) in [6, 6.07) is 10.0. The molecule has 1 aliphatic carbocycles. The van der Waals surface area contributed by atoms with Crippen molar-refractivity contribution in [2.75, 3.05) is 11.9 Å². The van der Waals surface area contributed by atoms with Gasteiger partial charge < -0.3 is 21.1 Å². The molecule has 4 aliphatic rings. The van der Waals surface area contributed by atoms with Gasteiger partial charge in [0, 0.05) is 40.9 Å². The van der Waals surface area contributed by atoms with E-state index in [2.05, 4.69) is 10.6 Å². The molecule has 1 amide bonds. The molecule has 4 bridgehead atoms. The van der Waals surface area contributed by atoms with E-state index in [1.54, 1.807) is 12.1 Å². The number of hydrogen-bond donors (Lipinski definition) is 3. The number of benzene rings is 3. The summed E-state index contributed by atoms with van der Waals surface area (Å²) in [5, 5.41) is 6.27.